The van der Waals surface area contributed by atoms with Crippen molar-refractivity contribution in [2.24, 2.45) is 0 Å². The molecule has 4 rings (SSSR count). The SMILES string of the molecule is O=S(=O)(Nc1ccccc1Cc1nc(-c2ccncc2)no1)c1ccc(Br)s1. The zero-order valence-electron chi connectivity index (χ0n) is 14.2. The van der Waals surface area contributed by atoms with Crippen molar-refractivity contribution in [2.75, 3.05) is 4.72 Å². The molecule has 0 amide bonds. The van der Waals surface area contributed by atoms with Gasteiger partial charge in [-0.25, -0.2) is 8.42 Å². The Bertz CT molecular complexity index is 1210. The molecule has 10 heteroatoms. The predicted molar refractivity (Wildman–Crippen MR) is 110 cm³/mol. The third-order valence-electron chi connectivity index (χ3n) is 3.82. The Morgan fingerprint density at radius 2 is 1.86 bits per heavy atom. The molecule has 0 spiro atoms. The van der Waals surface area contributed by atoms with Crippen molar-refractivity contribution in [1.82, 2.24) is 15.1 Å². The lowest BCUT2D eigenvalue weighted by atomic mass is 10.1. The minimum absolute atomic E-state index is 0.229. The maximum atomic E-state index is 12.6. The van der Waals surface area contributed by atoms with Gasteiger partial charge < -0.3 is 4.52 Å². The second-order valence-electron chi connectivity index (χ2n) is 5.75. The van der Waals surface area contributed by atoms with Crippen LogP contribution in [0.25, 0.3) is 11.4 Å². The van der Waals surface area contributed by atoms with Gasteiger partial charge in [-0.3, -0.25) is 9.71 Å². The fraction of sp³-hybridized carbons (Fsp3) is 0.0556. The smallest absolute Gasteiger partial charge is 0.271 e. The summed E-state index contributed by atoms with van der Waals surface area (Å²) in [6.45, 7) is 0. The molecule has 1 aromatic carbocycles. The number of halogens is 1. The molecule has 3 heterocycles. The highest BCUT2D eigenvalue weighted by Crippen LogP contribution is 2.29. The second kappa shape index (κ2) is 7.82. The first-order valence-electron chi connectivity index (χ1n) is 8.10. The number of rotatable bonds is 6. The second-order valence-corrected chi connectivity index (χ2v) is 10.1. The third-order valence-corrected chi connectivity index (χ3v) is 7.30. The Balaban J connectivity index is 1.58. The lowest BCUT2D eigenvalue weighted by Crippen LogP contribution is -2.13. The van der Waals surface area contributed by atoms with Gasteiger partial charge in [0, 0.05) is 18.0 Å². The average molecular weight is 477 g/mol. The van der Waals surface area contributed by atoms with E-state index in [9.17, 15) is 8.42 Å². The first-order chi connectivity index (χ1) is 13.5. The molecule has 0 aliphatic heterocycles. The quantitative estimate of drug-likeness (QED) is 0.444. The van der Waals surface area contributed by atoms with Gasteiger partial charge >= 0.3 is 0 Å². The van der Waals surface area contributed by atoms with E-state index in [1.165, 1.54) is 0 Å². The maximum Gasteiger partial charge on any atom is 0.271 e. The molecule has 0 fully saturated rings. The van der Waals surface area contributed by atoms with Crippen molar-refractivity contribution in [3.8, 4) is 11.4 Å². The number of nitrogens with zero attached hydrogens (tertiary/aromatic N) is 3. The van der Waals surface area contributed by atoms with E-state index < -0.39 is 10.0 Å². The van der Waals surface area contributed by atoms with Gasteiger partial charge in [0.2, 0.25) is 11.7 Å². The fourth-order valence-corrected chi connectivity index (χ4v) is 5.63. The highest BCUT2D eigenvalue weighted by molar-refractivity contribution is 9.11. The molecule has 0 aliphatic rings. The Morgan fingerprint density at radius 1 is 1.07 bits per heavy atom. The van der Waals surface area contributed by atoms with E-state index in [0.717, 1.165) is 26.3 Å². The maximum absolute atomic E-state index is 12.6. The molecule has 28 heavy (non-hydrogen) atoms. The van der Waals surface area contributed by atoms with E-state index in [-0.39, 0.29) is 4.21 Å². The minimum Gasteiger partial charge on any atom is -0.339 e. The van der Waals surface area contributed by atoms with Crippen LogP contribution in [0.4, 0.5) is 5.69 Å². The lowest BCUT2D eigenvalue weighted by Gasteiger charge is -2.10. The molecule has 7 nitrogen and oxygen atoms in total. The molecule has 0 atom stereocenters. The molecule has 0 radical (unpaired) electrons. The van der Waals surface area contributed by atoms with Crippen LogP contribution < -0.4 is 4.72 Å². The van der Waals surface area contributed by atoms with Crippen LogP contribution >= 0.6 is 27.3 Å². The van der Waals surface area contributed by atoms with Crippen molar-refractivity contribution in [2.45, 2.75) is 10.6 Å². The van der Waals surface area contributed by atoms with Crippen LogP contribution in [-0.4, -0.2) is 23.5 Å². The zero-order chi connectivity index (χ0) is 19.6. The number of sulfonamides is 1. The van der Waals surface area contributed by atoms with Crippen LogP contribution in [0.15, 0.2) is 73.4 Å². The van der Waals surface area contributed by atoms with Gasteiger partial charge in [0.15, 0.2) is 0 Å². The molecule has 0 unspecified atom stereocenters. The monoisotopic (exact) mass is 476 g/mol. The predicted octanol–water partition coefficient (Wildman–Crippen LogP) is 4.35. The molecule has 0 aliphatic carbocycles. The van der Waals surface area contributed by atoms with E-state index in [4.69, 9.17) is 4.52 Å². The summed E-state index contributed by atoms with van der Waals surface area (Å²) in [5, 5.41) is 3.98. The molecule has 142 valence electrons. The summed E-state index contributed by atoms with van der Waals surface area (Å²) < 4.78 is 34.2. The normalized spacial score (nSPS) is 11.5. The number of hydrogen-bond donors (Lipinski definition) is 1. The van der Waals surface area contributed by atoms with Crippen LogP contribution in [-0.2, 0) is 16.4 Å². The summed E-state index contributed by atoms with van der Waals surface area (Å²) in [5.41, 5.74) is 1.99. The van der Waals surface area contributed by atoms with Gasteiger partial charge in [-0.15, -0.1) is 11.3 Å². The summed E-state index contributed by atoms with van der Waals surface area (Å²) in [5.74, 6) is 0.844. The molecule has 0 bridgehead atoms. The van der Waals surface area contributed by atoms with E-state index in [2.05, 4.69) is 35.8 Å². The van der Waals surface area contributed by atoms with Gasteiger partial charge in [0.1, 0.15) is 4.21 Å². The van der Waals surface area contributed by atoms with Crippen molar-refractivity contribution in [3.05, 3.63) is 76.2 Å². The Labute approximate surface area is 173 Å². The number of para-hydroxylation sites is 1. The Morgan fingerprint density at radius 3 is 2.61 bits per heavy atom. The average Bonchev–Trinajstić information content (AvgIpc) is 3.33. The van der Waals surface area contributed by atoms with Crippen molar-refractivity contribution in [1.29, 1.82) is 0 Å². The van der Waals surface area contributed by atoms with Crippen molar-refractivity contribution < 1.29 is 12.9 Å². The lowest BCUT2D eigenvalue weighted by molar-refractivity contribution is 0.386. The molecular weight excluding hydrogens is 464 g/mol. The molecule has 1 N–H and O–H groups in total. The summed E-state index contributed by atoms with van der Waals surface area (Å²) in [6.07, 6.45) is 3.60. The van der Waals surface area contributed by atoms with Crippen LogP contribution in [0.5, 0.6) is 0 Å². The van der Waals surface area contributed by atoms with Gasteiger partial charge in [-0.05, 0) is 51.8 Å². The van der Waals surface area contributed by atoms with Crippen LogP contribution in [0.3, 0.4) is 0 Å². The van der Waals surface area contributed by atoms with Crippen LogP contribution in [0.1, 0.15) is 11.5 Å². The minimum atomic E-state index is -3.68. The number of anilines is 1. The van der Waals surface area contributed by atoms with E-state index in [1.54, 1.807) is 48.8 Å². The first kappa shape index (κ1) is 18.8. The van der Waals surface area contributed by atoms with E-state index >= 15 is 0 Å². The zero-order valence-corrected chi connectivity index (χ0v) is 17.5. The molecule has 0 saturated heterocycles. The number of nitrogens with one attached hydrogen (secondary N) is 1. The summed E-state index contributed by atoms with van der Waals surface area (Å²) >= 11 is 4.43. The van der Waals surface area contributed by atoms with Crippen molar-refractivity contribution in [3.63, 3.8) is 0 Å². The van der Waals surface area contributed by atoms with E-state index in [1.807, 2.05) is 12.1 Å². The highest BCUT2D eigenvalue weighted by Gasteiger charge is 2.19. The van der Waals surface area contributed by atoms with E-state index in [0.29, 0.717) is 23.8 Å². The van der Waals surface area contributed by atoms with Gasteiger partial charge in [0.05, 0.1) is 15.9 Å². The number of thiophene rings is 1. The molecular formula is C18H13BrN4O3S2. The third kappa shape index (κ3) is 4.13. The first-order valence-corrected chi connectivity index (χ1v) is 11.2. The van der Waals surface area contributed by atoms with Gasteiger partial charge in [0.25, 0.3) is 10.0 Å². The largest absolute Gasteiger partial charge is 0.339 e. The van der Waals surface area contributed by atoms with Gasteiger partial charge in [-0.2, -0.15) is 4.98 Å². The highest BCUT2D eigenvalue weighted by atomic mass is 79.9. The standard InChI is InChI=1S/C18H13BrN4O3S2/c19-15-5-6-17(27-15)28(24,25)23-14-4-2-1-3-13(14)11-16-21-18(22-26-16)12-7-9-20-10-8-12/h1-10,23H,11H2. The summed E-state index contributed by atoms with van der Waals surface area (Å²) in [4.78, 5) is 8.35. The number of aromatic nitrogens is 3. The molecule has 4 aromatic rings. The number of pyridine rings is 1. The topological polar surface area (TPSA) is 98.0 Å². The summed E-state index contributed by atoms with van der Waals surface area (Å²) in [6, 6.07) is 13.9. The van der Waals surface area contributed by atoms with Crippen LogP contribution in [0.2, 0.25) is 0 Å². The number of benzene rings is 1. The molecule has 0 saturated carbocycles. The molecule has 3 aromatic heterocycles. The Kier molecular flexibility index (Phi) is 5.25. The van der Waals surface area contributed by atoms with Gasteiger partial charge in [-0.1, -0.05) is 23.4 Å². The summed E-state index contributed by atoms with van der Waals surface area (Å²) in [7, 11) is -3.68. The van der Waals surface area contributed by atoms with Crippen LogP contribution in [0, 0.1) is 0 Å². The fourth-order valence-electron chi connectivity index (χ4n) is 2.52. The number of hydrogen-bond acceptors (Lipinski definition) is 7. The van der Waals surface area contributed by atoms with Crippen molar-refractivity contribution >= 4 is 43.0 Å². The Hall–Kier alpha value is -2.56.